The second kappa shape index (κ2) is 7.97. The molecule has 0 atom stereocenters. The monoisotopic (exact) mass is 402 g/mol. The molecule has 0 fully saturated rings. The zero-order chi connectivity index (χ0) is 20.3. The Balaban J connectivity index is 1.84. The van der Waals surface area contributed by atoms with Crippen LogP contribution in [0.3, 0.4) is 0 Å². The van der Waals surface area contributed by atoms with Gasteiger partial charge < -0.3 is 15.2 Å². The number of para-hydroxylation sites is 1. The number of nitro groups is 1. The SMILES string of the molecule is COc1cccc(CNc2cnn(-c3ccc([N+](=O)[O-])cc3)c(=O)c2Cl)c1O. The maximum Gasteiger partial charge on any atom is 0.292 e. The number of benzene rings is 2. The molecular weight excluding hydrogens is 388 g/mol. The maximum absolute atomic E-state index is 12.5. The molecule has 0 bridgehead atoms. The summed E-state index contributed by atoms with van der Waals surface area (Å²) in [5.74, 6) is 0.318. The number of phenolic OH excluding ortho intramolecular Hbond substituents is 1. The Hall–Kier alpha value is -3.59. The molecule has 0 aliphatic carbocycles. The van der Waals surface area contributed by atoms with Crippen molar-refractivity contribution in [1.82, 2.24) is 9.78 Å². The third kappa shape index (κ3) is 3.74. The number of hydrogen-bond acceptors (Lipinski definition) is 7. The van der Waals surface area contributed by atoms with Gasteiger partial charge in [0.15, 0.2) is 11.5 Å². The molecule has 0 saturated carbocycles. The van der Waals surface area contributed by atoms with Crippen molar-refractivity contribution in [3.05, 3.63) is 79.7 Å². The largest absolute Gasteiger partial charge is 0.504 e. The van der Waals surface area contributed by atoms with E-state index in [2.05, 4.69) is 10.4 Å². The summed E-state index contributed by atoms with van der Waals surface area (Å²) in [5, 5.41) is 27.8. The molecule has 9 nitrogen and oxygen atoms in total. The van der Waals surface area contributed by atoms with Gasteiger partial charge in [-0.1, -0.05) is 23.7 Å². The van der Waals surface area contributed by atoms with Gasteiger partial charge >= 0.3 is 0 Å². The van der Waals surface area contributed by atoms with Crippen LogP contribution in [0.25, 0.3) is 5.69 Å². The smallest absolute Gasteiger partial charge is 0.292 e. The van der Waals surface area contributed by atoms with Crippen LogP contribution in [-0.2, 0) is 6.54 Å². The van der Waals surface area contributed by atoms with Gasteiger partial charge in [-0.15, -0.1) is 0 Å². The first-order chi connectivity index (χ1) is 13.4. The summed E-state index contributed by atoms with van der Waals surface area (Å²) in [5.41, 5.74) is 0.492. The fraction of sp³-hybridized carbons (Fsp3) is 0.111. The van der Waals surface area contributed by atoms with Crippen LogP contribution in [0.4, 0.5) is 11.4 Å². The molecule has 0 radical (unpaired) electrons. The number of aromatic hydroxyl groups is 1. The van der Waals surface area contributed by atoms with E-state index in [-0.39, 0.29) is 28.7 Å². The first kappa shape index (κ1) is 19.2. The van der Waals surface area contributed by atoms with Gasteiger partial charge in [0.1, 0.15) is 5.02 Å². The Kier molecular flexibility index (Phi) is 5.46. The van der Waals surface area contributed by atoms with E-state index in [1.54, 1.807) is 18.2 Å². The van der Waals surface area contributed by atoms with Crippen molar-refractivity contribution >= 4 is 23.0 Å². The normalized spacial score (nSPS) is 10.5. The van der Waals surface area contributed by atoms with E-state index in [1.165, 1.54) is 37.6 Å². The third-order valence-corrected chi connectivity index (χ3v) is 4.36. The van der Waals surface area contributed by atoms with Crippen LogP contribution in [0.2, 0.25) is 5.02 Å². The van der Waals surface area contributed by atoms with E-state index < -0.39 is 10.5 Å². The molecule has 0 aliphatic rings. The van der Waals surface area contributed by atoms with Crippen molar-refractivity contribution in [2.24, 2.45) is 0 Å². The summed E-state index contributed by atoms with van der Waals surface area (Å²) < 4.78 is 6.10. The average Bonchev–Trinajstić information content (AvgIpc) is 2.70. The lowest BCUT2D eigenvalue weighted by atomic mass is 10.2. The highest BCUT2D eigenvalue weighted by Crippen LogP contribution is 2.30. The van der Waals surface area contributed by atoms with Gasteiger partial charge in [0.05, 0.1) is 29.6 Å². The topological polar surface area (TPSA) is 120 Å². The summed E-state index contributed by atoms with van der Waals surface area (Å²) in [6, 6.07) is 10.4. The van der Waals surface area contributed by atoms with Crippen molar-refractivity contribution in [3.8, 4) is 17.2 Å². The number of nitrogens with zero attached hydrogens (tertiary/aromatic N) is 3. The predicted molar refractivity (Wildman–Crippen MR) is 103 cm³/mol. The number of anilines is 1. The molecule has 2 N–H and O–H groups in total. The van der Waals surface area contributed by atoms with Gasteiger partial charge in [-0.2, -0.15) is 9.78 Å². The van der Waals surface area contributed by atoms with Crippen LogP contribution in [0.1, 0.15) is 5.56 Å². The highest BCUT2D eigenvalue weighted by molar-refractivity contribution is 6.32. The number of nitro benzene ring substituents is 1. The van der Waals surface area contributed by atoms with Gasteiger partial charge in [-0.25, -0.2) is 0 Å². The molecular formula is C18H15ClN4O5. The van der Waals surface area contributed by atoms with Gasteiger partial charge in [0.25, 0.3) is 11.2 Å². The quantitative estimate of drug-likeness (QED) is 0.480. The highest BCUT2D eigenvalue weighted by Gasteiger charge is 2.13. The minimum atomic E-state index is -0.588. The second-order valence-corrected chi connectivity index (χ2v) is 6.06. The van der Waals surface area contributed by atoms with Crippen molar-refractivity contribution in [2.45, 2.75) is 6.54 Å². The summed E-state index contributed by atoms with van der Waals surface area (Å²) >= 11 is 6.16. The maximum atomic E-state index is 12.5. The third-order valence-electron chi connectivity index (χ3n) is 4.00. The molecule has 3 aromatic rings. The fourth-order valence-corrected chi connectivity index (χ4v) is 2.72. The number of halogens is 1. The minimum Gasteiger partial charge on any atom is -0.504 e. The highest BCUT2D eigenvalue weighted by atomic mass is 35.5. The first-order valence-corrected chi connectivity index (χ1v) is 8.41. The molecule has 0 unspecified atom stereocenters. The van der Waals surface area contributed by atoms with Crippen molar-refractivity contribution in [2.75, 3.05) is 12.4 Å². The predicted octanol–water partition coefficient (Wildman–Crippen LogP) is 3.12. The lowest BCUT2D eigenvalue weighted by Crippen LogP contribution is -2.22. The van der Waals surface area contributed by atoms with Crippen LogP contribution in [0, 0.1) is 10.1 Å². The molecule has 0 saturated heterocycles. The number of non-ortho nitro benzene ring substituents is 1. The van der Waals surface area contributed by atoms with Gasteiger partial charge in [-0.3, -0.25) is 14.9 Å². The lowest BCUT2D eigenvalue weighted by molar-refractivity contribution is -0.384. The Bertz CT molecular complexity index is 1080. The Morgan fingerprint density at radius 2 is 2.00 bits per heavy atom. The molecule has 3 rings (SSSR count). The molecule has 0 aliphatic heterocycles. The average molecular weight is 403 g/mol. The Labute approximate surface area is 163 Å². The summed E-state index contributed by atoms with van der Waals surface area (Å²) in [6.45, 7) is 0.186. The molecule has 0 amide bonds. The molecule has 10 heteroatoms. The number of hydrogen-bond donors (Lipinski definition) is 2. The number of rotatable bonds is 6. The number of methoxy groups -OCH3 is 1. The Morgan fingerprint density at radius 1 is 1.29 bits per heavy atom. The minimum absolute atomic E-state index is 0.0131. The van der Waals surface area contributed by atoms with Crippen LogP contribution in [0.15, 0.2) is 53.5 Å². The Morgan fingerprint density at radius 3 is 2.64 bits per heavy atom. The van der Waals surface area contributed by atoms with Crippen LogP contribution >= 0.6 is 11.6 Å². The number of nitrogens with one attached hydrogen (secondary N) is 1. The summed E-state index contributed by atoms with van der Waals surface area (Å²) in [6.07, 6.45) is 1.36. The van der Waals surface area contributed by atoms with E-state index >= 15 is 0 Å². The first-order valence-electron chi connectivity index (χ1n) is 8.03. The van der Waals surface area contributed by atoms with E-state index in [0.717, 1.165) is 4.68 Å². The fourth-order valence-electron chi connectivity index (χ4n) is 2.52. The van der Waals surface area contributed by atoms with Crippen LogP contribution in [-0.4, -0.2) is 26.9 Å². The number of aromatic nitrogens is 2. The molecule has 144 valence electrons. The van der Waals surface area contributed by atoms with Crippen molar-refractivity contribution < 1.29 is 14.8 Å². The summed E-state index contributed by atoms with van der Waals surface area (Å²) in [7, 11) is 1.45. The van der Waals surface area contributed by atoms with Crippen molar-refractivity contribution in [3.63, 3.8) is 0 Å². The molecule has 28 heavy (non-hydrogen) atoms. The second-order valence-electron chi connectivity index (χ2n) is 5.68. The molecule has 1 heterocycles. The van der Waals surface area contributed by atoms with Gasteiger partial charge in [-0.05, 0) is 18.2 Å². The van der Waals surface area contributed by atoms with E-state index in [9.17, 15) is 20.0 Å². The number of phenols is 1. The molecule has 2 aromatic carbocycles. The van der Waals surface area contributed by atoms with E-state index in [1.807, 2.05) is 0 Å². The molecule has 1 aromatic heterocycles. The molecule has 0 spiro atoms. The zero-order valence-corrected chi connectivity index (χ0v) is 15.4. The van der Waals surface area contributed by atoms with Crippen molar-refractivity contribution in [1.29, 1.82) is 0 Å². The number of ether oxygens (including phenoxy) is 1. The summed E-state index contributed by atoms with van der Waals surface area (Å²) in [4.78, 5) is 22.7. The van der Waals surface area contributed by atoms with E-state index in [4.69, 9.17) is 16.3 Å². The lowest BCUT2D eigenvalue weighted by Gasteiger charge is -2.12. The van der Waals surface area contributed by atoms with Gasteiger partial charge in [0.2, 0.25) is 0 Å². The standard InChI is InChI=1S/C18H15ClN4O5/c1-28-15-4-2-3-11(17(15)24)9-20-14-10-21-22(18(25)16(14)19)12-5-7-13(8-6-12)23(26)27/h2-8,10,20,24H,9H2,1H3. The van der Waals surface area contributed by atoms with Crippen LogP contribution in [0.5, 0.6) is 11.5 Å². The van der Waals surface area contributed by atoms with Crippen LogP contribution < -0.4 is 15.6 Å². The zero-order valence-electron chi connectivity index (χ0n) is 14.6. The van der Waals surface area contributed by atoms with E-state index in [0.29, 0.717) is 17.0 Å². The van der Waals surface area contributed by atoms with Gasteiger partial charge in [0, 0.05) is 24.2 Å².